The second-order valence-corrected chi connectivity index (χ2v) is 7.35. The SMILES string of the molecule is Cc1ccc(C2Nc3c(Cl)cccc3C3C=CCC32)s1. The van der Waals surface area contributed by atoms with Crippen LogP contribution in [-0.4, -0.2) is 0 Å². The minimum absolute atomic E-state index is 0.376. The third-order valence-electron chi connectivity index (χ3n) is 4.41. The molecule has 3 heteroatoms. The van der Waals surface area contributed by atoms with Crippen LogP contribution >= 0.6 is 22.9 Å². The number of nitrogens with one attached hydrogen (secondary N) is 1. The maximum absolute atomic E-state index is 6.41. The molecule has 4 rings (SSSR count). The molecule has 3 atom stereocenters. The van der Waals surface area contributed by atoms with Gasteiger partial charge in [0.15, 0.2) is 0 Å². The molecule has 1 aromatic heterocycles. The molecule has 2 aromatic rings. The summed E-state index contributed by atoms with van der Waals surface area (Å²) in [6.07, 6.45) is 5.82. The number of allylic oxidation sites excluding steroid dienone is 2. The standard InChI is InChI=1S/C17H16ClNS/c1-10-8-9-15(20-10)17-13-5-2-4-11(13)12-6-3-7-14(18)16(12)19-17/h2-4,6-9,11,13,17,19H,5H2,1H3. The monoisotopic (exact) mass is 301 g/mol. The Labute approximate surface area is 128 Å². The van der Waals surface area contributed by atoms with E-state index in [-0.39, 0.29) is 0 Å². The number of hydrogen-bond donors (Lipinski definition) is 1. The molecule has 1 N–H and O–H groups in total. The lowest BCUT2D eigenvalue weighted by atomic mass is 9.79. The summed E-state index contributed by atoms with van der Waals surface area (Å²) < 4.78 is 0. The van der Waals surface area contributed by atoms with Crippen LogP contribution in [0, 0.1) is 12.8 Å². The zero-order valence-electron chi connectivity index (χ0n) is 11.3. The van der Waals surface area contributed by atoms with Gasteiger partial charge in [0.2, 0.25) is 0 Å². The third kappa shape index (κ3) is 1.82. The fourth-order valence-electron chi connectivity index (χ4n) is 3.49. The van der Waals surface area contributed by atoms with E-state index in [9.17, 15) is 0 Å². The maximum atomic E-state index is 6.41. The first-order valence-electron chi connectivity index (χ1n) is 7.02. The summed E-state index contributed by atoms with van der Waals surface area (Å²) in [4.78, 5) is 2.79. The van der Waals surface area contributed by atoms with E-state index in [0.29, 0.717) is 17.9 Å². The molecule has 0 amide bonds. The number of hydrogen-bond acceptors (Lipinski definition) is 2. The Morgan fingerprint density at radius 3 is 2.95 bits per heavy atom. The van der Waals surface area contributed by atoms with E-state index < -0.39 is 0 Å². The Bertz CT molecular complexity index is 688. The molecule has 0 radical (unpaired) electrons. The van der Waals surface area contributed by atoms with Gasteiger partial charge < -0.3 is 5.32 Å². The molecule has 1 aromatic carbocycles. The van der Waals surface area contributed by atoms with Gasteiger partial charge in [0.25, 0.3) is 0 Å². The summed E-state index contributed by atoms with van der Waals surface area (Å²) in [5, 5.41) is 4.54. The van der Waals surface area contributed by atoms with Crippen LogP contribution in [0.1, 0.15) is 33.7 Å². The molecule has 102 valence electrons. The van der Waals surface area contributed by atoms with Crippen LogP contribution in [0.15, 0.2) is 42.5 Å². The van der Waals surface area contributed by atoms with E-state index in [0.717, 1.165) is 17.1 Å². The van der Waals surface area contributed by atoms with Crippen LogP contribution in [-0.2, 0) is 0 Å². The van der Waals surface area contributed by atoms with Gasteiger partial charge in [-0.2, -0.15) is 0 Å². The predicted molar refractivity (Wildman–Crippen MR) is 86.9 cm³/mol. The Hall–Kier alpha value is -1.25. The molecule has 0 saturated heterocycles. The zero-order chi connectivity index (χ0) is 13.7. The number of para-hydroxylation sites is 1. The molecule has 3 unspecified atom stereocenters. The average molecular weight is 302 g/mol. The van der Waals surface area contributed by atoms with Crippen molar-refractivity contribution in [3.05, 3.63) is 62.8 Å². The molecule has 20 heavy (non-hydrogen) atoms. The second kappa shape index (κ2) is 4.64. The predicted octanol–water partition coefficient (Wildman–Crippen LogP) is 5.54. The molecule has 1 nitrogen and oxygen atoms in total. The van der Waals surface area contributed by atoms with Crippen LogP contribution < -0.4 is 5.32 Å². The number of halogens is 1. The van der Waals surface area contributed by atoms with Crippen molar-refractivity contribution >= 4 is 28.6 Å². The highest BCUT2D eigenvalue weighted by molar-refractivity contribution is 7.12. The number of fused-ring (bicyclic) bond motifs is 3. The van der Waals surface area contributed by atoms with Gasteiger partial charge in [-0.1, -0.05) is 35.9 Å². The first kappa shape index (κ1) is 12.5. The minimum Gasteiger partial charge on any atom is -0.376 e. The number of aryl methyl sites for hydroxylation is 1. The van der Waals surface area contributed by atoms with E-state index in [1.807, 2.05) is 17.4 Å². The van der Waals surface area contributed by atoms with Crippen LogP contribution in [0.4, 0.5) is 5.69 Å². The maximum Gasteiger partial charge on any atom is 0.0647 e. The largest absolute Gasteiger partial charge is 0.376 e. The van der Waals surface area contributed by atoms with Gasteiger partial charge in [-0.3, -0.25) is 0 Å². The van der Waals surface area contributed by atoms with Crippen molar-refractivity contribution in [3.63, 3.8) is 0 Å². The minimum atomic E-state index is 0.376. The highest BCUT2D eigenvalue weighted by atomic mass is 35.5. The number of benzene rings is 1. The summed E-state index contributed by atoms with van der Waals surface area (Å²) in [7, 11) is 0. The van der Waals surface area contributed by atoms with Gasteiger partial charge in [-0.05, 0) is 43.0 Å². The van der Waals surface area contributed by atoms with Crippen molar-refractivity contribution in [2.24, 2.45) is 5.92 Å². The van der Waals surface area contributed by atoms with Crippen molar-refractivity contribution in [1.29, 1.82) is 0 Å². The topological polar surface area (TPSA) is 12.0 Å². The number of anilines is 1. The van der Waals surface area contributed by atoms with E-state index in [2.05, 4.69) is 48.7 Å². The molecule has 0 spiro atoms. The molecular weight excluding hydrogens is 286 g/mol. The van der Waals surface area contributed by atoms with Crippen molar-refractivity contribution in [2.45, 2.75) is 25.3 Å². The van der Waals surface area contributed by atoms with Crippen molar-refractivity contribution in [1.82, 2.24) is 0 Å². The van der Waals surface area contributed by atoms with Crippen molar-refractivity contribution in [3.8, 4) is 0 Å². The highest BCUT2D eigenvalue weighted by Crippen LogP contribution is 2.52. The zero-order valence-corrected chi connectivity index (χ0v) is 12.8. The molecule has 0 fully saturated rings. The Kier molecular flexibility index (Phi) is 2.90. The van der Waals surface area contributed by atoms with Crippen LogP contribution in [0.2, 0.25) is 5.02 Å². The van der Waals surface area contributed by atoms with Gasteiger partial charge >= 0.3 is 0 Å². The summed E-state index contributed by atoms with van der Waals surface area (Å²) in [6.45, 7) is 2.17. The second-order valence-electron chi connectivity index (χ2n) is 5.63. The smallest absolute Gasteiger partial charge is 0.0647 e. The molecule has 0 bridgehead atoms. The Balaban J connectivity index is 1.83. The normalized spacial score (nSPS) is 27.0. The van der Waals surface area contributed by atoms with Gasteiger partial charge in [0.1, 0.15) is 0 Å². The first-order valence-corrected chi connectivity index (χ1v) is 8.21. The quantitative estimate of drug-likeness (QED) is 0.682. The van der Waals surface area contributed by atoms with Gasteiger partial charge in [0, 0.05) is 15.7 Å². The van der Waals surface area contributed by atoms with Crippen molar-refractivity contribution < 1.29 is 0 Å². The van der Waals surface area contributed by atoms with E-state index in [4.69, 9.17) is 11.6 Å². The lowest BCUT2D eigenvalue weighted by molar-refractivity contribution is 0.430. The van der Waals surface area contributed by atoms with Gasteiger partial charge in [-0.25, -0.2) is 0 Å². The van der Waals surface area contributed by atoms with E-state index in [1.165, 1.54) is 15.3 Å². The molecule has 1 aliphatic carbocycles. The fraction of sp³-hybridized carbons (Fsp3) is 0.294. The Morgan fingerprint density at radius 1 is 1.25 bits per heavy atom. The van der Waals surface area contributed by atoms with Crippen molar-refractivity contribution in [2.75, 3.05) is 5.32 Å². The highest BCUT2D eigenvalue weighted by Gasteiger charge is 2.38. The van der Waals surface area contributed by atoms with Crippen LogP contribution in [0.3, 0.4) is 0 Å². The van der Waals surface area contributed by atoms with E-state index >= 15 is 0 Å². The lowest BCUT2D eigenvalue weighted by Crippen LogP contribution is -2.28. The van der Waals surface area contributed by atoms with Crippen LogP contribution in [0.25, 0.3) is 0 Å². The average Bonchev–Trinajstić information content (AvgIpc) is 3.07. The van der Waals surface area contributed by atoms with Crippen LogP contribution in [0.5, 0.6) is 0 Å². The number of rotatable bonds is 1. The van der Waals surface area contributed by atoms with Gasteiger partial charge in [0.05, 0.1) is 16.8 Å². The summed E-state index contributed by atoms with van der Waals surface area (Å²) >= 11 is 8.30. The van der Waals surface area contributed by atoms with E-state index in [1.54, 1.807) is 0 Å². The van der Waals surface area contributed by atoms with Gasteiger partial charge in [-0.15, -0.1) is 11.3 Å². The summed E-state index contributed by atoms with van der Waals surface area (Å²) in [5.74, 6) is 1.11. The summed E-state index contributed by atoms with van der Waals surface area (Å²) in [5.41, 5.74) is 2.47. The number of thiophene rings is 1. The molecule has 1 aliphatic heterocycles. The molecule has 0 saturated carbocycles. The molecular formula is C17H16ClNS. The Morgan fingerprint density at radius 2 is 2.15 bits per heavy atom. The molecule has 2 aliphatic rings. The lowest BCUT2D eigenvalue weighted by Gasteiger charge is -2.37. The first-order chi connectivity index (χ1) is 9.74. The third-order valence-corrected chi connectivity index (χ3v) is 5.81. The molecule has 2 heterocycles. The fourth-order valence-corrected chi connectivity index (χ4v) is 4.73. The summed E-state index contributed by atoms with van der Waals surface area (Å²) in [6, 6.07) is 11.1.